The molecule has 1 aromatic heterocycles. The third-order valence-corrected chi connectivity index (χ3v) is 6.62. The lowest BCUT2D eigenvalue weighted by molar-refractivity contribution is -0.149. The molecule has 0 aliphatic carbocycles. The van der Waals surface area contributed by atoms with Crippen molar-refractivity contribution in [3.63, 3.8) is 0 Å². The number of nitrogens with zero attached hydrogens (tertiary/aromatic N) is 3. The van der Waals surface area contributed by atoms with Crippen LogP contribution < -0.4 is 0 Å². The molecule has 0 N–H and O–H groups in total. The number of hydrogen-bond acceptors (Lipinski definition) is 7. The van der Waals surface area contributed by atoms with E-state index in [0.29, 0.717) is 36.4 Å². The lowest BCUT2D eigenvalue weighted by Crippen LogP contribution is -2.42. The number of rotatable bonds is 7. The standard InChI is InChI=1S/C17H20ClN3O5S/c1-2-10-27(23,24)21-9-5-8-14(21)17(22)25-11-15-19-16(26-20-15)12-6-3-4-7-13(12)18/h3-4,6-7,14H,2,5,8-11H2,1H3. The van der Waals surface area contributed by atoms with E-state index in [1.54, 1.807) is 31.2 Å². The minimum absolute atomic E-state index is 0.0167. The van der Waals surface area contributed by atoms with Gasteiger partial charge in [-0.1, -0.05) is 35.8 Å². The van der Waals surface area contributed by atoms with Gasteiger partial charge < -0.3 is 9.26 Å². The predicted octanol–water partition coefficient (Wildman–Crippen LogP) is 2.64. The van der Waals surface area contributed by atoms with Gasteiger partial charge in [0.1, 0.15) is 6.04 Å². The van der Waals surface area contributed by atoms with Gasteiger partial charge in [0, 0.05) is 6.54 Å². The summed E-state index contributed by atoms with van der Waals surface area (Å²) >= 11 is 6.09. The van der Waals surface area contributed by atoms with Gasteiger partial charge in [-0.25, -0.2) is 8.42 Å². The van der Waals surface area contributed by atoms with Crippen LogP contribution in [0.4, 0.5) is 0 Å². The summed E-state index contributed by atoms with van der Waals surface area (Å²) in [6.45, 7) is 1.92. The topological polar surface area (TPSA) is 103 Å². The predicted molar refractivity (Wildman–Crippen MR) is 98.3 cm³/mol. The SMILES string of the molecule is CCCS(=O)(=O)N1CCCC1C(=O)OCc1noc(-c2ccccc2Cl)n1. The Bertz CT molecular complexity index is 915. The smallest absolute Gasteiger partial charge is 0.324 e. The summed E-state index contributed by atoms with van der Waals surface area (Å²) in [5.74, 6) is -0.182. The fourth-order valence-corrected chi connectivity index (χ4v) is 4.93. The molecule has 27 heavy (non-hydrogen) atoms. The van der Waals surface area contributed by atoms with E-state index >= 15 is 0 Å². The maximum atomic E-state index is 12.4. The molecular formula is C17H20ClN3O5S. The zero-order valence-corrected chi connectivity index (χ0v) is 16.4. The van der Waals surface area contributed by atoms with Gasteiger partial charge in [0.05, 0.1) is 16.3 Å². The Morgan fingerprint density at radius 3 is 2.93 bits per heavy atom. The molecule has 10 heteroatoms. The molecule has 1 saturated heterocycles. The van der Waals surface area contributed by atoms with Crippen LogP contribution in [0.5, 0.6) is 0 Å². The first kappa shape index (κ1) is 19.8. The number of carbonyl (C=O) groups is 1. The van der Waals surface area contributed by atoms with Gasteiger partial charge >= 0.3 is 5.97 Å². The average Bonchev–Trinajstić information content (AvgIpc) is 3.30. The van der Waals surface area contributed by atoms with Crippen molar-refractivity contribution >= 4 is 27.6 Å². The second-order valence-electron chi connectivity index (χ2n) is 6.19. The van der Waals surface area contributed by atoms with Gasteiger partial charge in [-0.15, -0.1) is 0 Å². The van der Waals surface area contributed by atoms with Crippen molar-refractivity contribution in [2.24, 2.45) is 0 Å². The maximum Gasteiger partial charge on any atom is 0.324 e. The number of carbonyl (C=O) groups excluding carboxylic acids is 1. The number of sulfonamides is 1. The maximum absolute atomic E-state index is 12.4. The molecule has 1 aliphatic rings. The van der Waals surface area contributed by atoms with E-state index in [1.807, 2.05) is 0 Å². The molecule has 1 aliphatic heterocycles. The van der Waals surface area contributed by atoms with Crippen molar-refractivity contribution in [1.82, 2.24) is 14.4 Å². The third-order valence-electron chi connectivity index (χ3n) is 4.21. The lowest BCUT2D eigenvalue weighted by Gasteiger charge is -2.22. The van der Waals surface area contributed by atoms with Gasteiger partial charge in [-0.3, -0.25) is 4.79 Å². The average molecular weight is 414 g/mol. The summed E-state index contributed by atoms with van der Waals surface area (Å²) in [5, 5.41) is 4.24. The molecule has 2 aromatic rings. The highest BCUT2D eigenvalue weighted by Crippen LogP contribution is 2.26. The Morgan fingerprint density at radius 1 is 1.41 bits per heavy atom. The molecule has 0 radical (unpaired) electrons. The van der Waals surface area contributed by atoms with Crippen LogP contribution in [0.15, 0.2) is 28.8 Å². The second-order valence-corrected chi connectivity index (χ2v) is 8.64. The van der Waals surface area contributed by atoms with E-state index < -0.39 is 22.0 Å². The molecule has 0 spiro atoms. The summed E-state index contributed by atoms with van der Waals surface area (Å²) in [6, 6.07) is 6.21. The normalized spacial score (nSPS) is 17.9. The van der Waals surface area contributed by atoms with Gasteiger partial charge in [0.2, 0.25) is 15.8 Å². The number of ether oxygens (including phenoxy) is 1. The molecule has 2 heterocycles. The minimum Gasteiger partial charge on any atom is -0.456 e. The van der Waals surface area contributed by atoms with Crippen molar-refractivity contribution in [1.29, 1.82) is 0 Å². The summed E-state index contributed by atoms with van der Waals surface area (Å²) in [6.07, 6.45) is 1.56. The zero-order chi connectivity index (χ0) is 19.4. The van der Waals surface area contributed by atoms with Crippen molar-refractivity contribution in [2.75, 3.05) is 12.3 Å². The Kier molecular flexibility index (Phi) is 6.13. The van der Waals surface area contributed by atoms with Crippen LogP contribution in [0.1, 0.15) is 32.0 Å². The van der Waals surface area contributed by atoms with E-state index in [0.717, 1.165) is 0 Å². The van der Waals surface area contributed by atoms with Crippen LogP contribution in [-0.4, -0.2) is 47.2 Å². The van der Waals surface area contributed by atoms with E-state index in [9.17, 15) is 13.2 Å². The molecule has 3 rings (SSSR count). The summed E-state index contributed by atoms with van der Waals surface area (Å²) in [4.78, 5) is 16.5. The molecule has 1 fully saturated rings. The molecule has 1 aromatic carbocycles. The highest BCUT2D eigenvalue weighted by Gasteiger charge is 2.39. The number of esters is 1. The first-order chi connectivity index (χ1) is 12.9. The van der Waals surface area contributed by atoms with Gasteiger partial charge in [-0.2, -0.15) is 9.29 Å². The van der Waals surface area contributed by atoms with Crippen LogP contribution in [-0.2, 0) is 26.2 Å². The fraction of sp³-hybridized carbons (Fsp3) is 0.471. The van der Waals surface area contributed by atoms with E-state index in [-0.39, 0.29) is 24.1 Å². The first-order valence-electron chi connectivity index (χ1n) is 8.66. The van der Waals surface area contributed by atoms with Crippen LogP contribution >= 0.6 is 11.6 Å². The zero-order valence-electron chi connectivity index (χ0n) is 14.8. The molecule has 1 atom stereocenters. The molecule has 146 valence electrons. The van der Waals surface area contributed by atoms with E-state index in [4.69, 9.17) is 20.9 Å². The van der Waals surface area contributed by atoms with Crippen molar-refractivity contribution in [3.05, 3.63) is 35.1 Å². The van der Waals surface area contributed by atoms with Gasteiger partial charge in [-0.05, 0) is 31.4 Å². The summed E-state index contributed by atoms with van der Waals surface area (Å²) in [5.41, 5.74) is 0.580. The lowest BCUT2D eigenvalue weighted by atomic mass is 10.2. The summed E-state index contributed by atoms with van der Waals surface area (Å²) in [7, 11) is -3.46. The Morgan fingerprint density at radius 2 is 2.19 bits per heavy atom. The quantitative estimate of drug-likeness (QED) is 0.642. The number of benzene rings is 1. The molecule has 8 nitrogen and oxygen atoms in total. The van der Waals surface area contributed by atoms with Crippen molar-refractivity contribution < 1.29 is 22.5 Å². The van der Waals surface area contributed by atoms with Gasteiger partial charge in [0.25, 0.3) is 5.89 Å². The Balaban J connectivity index is 1.64. The molecule has 0 amide bonds. The highest BCUT2D eigenvalue weighted by atomic mass is 35.5. The molecule has 1 unspecified atom stereocenters. The number of halogens is 1. The second kappa shape index (κ2) is 8.37. The van der Waals surface area contributed by atoms with E-state index in [1.165, 1.54) is 4.31 Å². The van der Waals surface area contributed by atoms with Crippen LogP contribution in [0.3, 0.4) is 0 Å². The van der Waals surface area contributed by atoms with Crippen LogP contribution in [0.2, 0.25) is 5.02 Å². The minimum atomic E-state index is -3.46. The first-order valence-corrected chi connectivity index (χ1v) is 10.6. The number of aromatic nitrogens is 2. The largest absolute Gasteiger partial charge is 0.456 e. The molecule has 0 bridgehead atoms. The van der Waals surface area contributed by atoms with Crippen LogP contribution in [0.25, 0.3) is 11.5 Å². The Hall–Kier alpha value is -1.97. The highest BCUT2D eigenvalue weighted by molar-refractivity contribution is 7.89. The number of hydrogen-bond donors (Lipinski definition) is 0. The molecular weight excluding hydrogens is 394 g/mol. The molecule has 0 saturated carbocycles. The van der Waals surface area contributed by atoms with E-state index in [2.05, 4.69) is 10.1 Å². The van der Waals surface area contributed by atoms with Gasteiger partial charge in [0.15, 0.2) is 6.61 Å². The van der Waals surface area contributed by atoms with Crippen molar-refractivity contribution in [3.8, 4) is 11.5 Å². The fourth-order valence-electron chi connectivity index (χ4n) is 2.97. The summed E-state index contributed by atoms with van der Waals surface area (Å²) < 4.78 is 36.2. The van der Waals surface area contributed by atoms with Crippen LogP contribution in [0, 0.1) is 0 Å². The third kappa shape index (κ3) is 4.48. The van der Waals surface area contributed by atoms with Crippen molar-refractivity contribution in [2.45, 2.75) is 38.8 Å². The Labute approximate surface area is 162 Å². The monoisotopic (exact) mass is 413 g/mol.